The first kappa shape index (κ1) is 9.71. The van der Waals surface area contributed by atoms with Gasteiger partial charge < -0.3 is 5.32 Å². The van der Waals surface area contributed by atoms with Gasteiger partial charge in [0.15, 0.2) is 0 Å². The molecule has 0 amide bonds. The number of carbonyl (C=O) groups is 1. The van der Waals surface area contributed by atoms with Gasteiger partial charge in [-0.2, -0.15) is 0 Å². The molecule has 2 rings (SSSR count). The van der Waals surface area contributed by atoms with E-state index in [4.69, 9.17) is 0 Å². The smallest absolute Gasteiger partial charge is 0.132 e. The molecule has 0 aromatic carbocycles. The van der Waals surface area contributed by atoms with Crippen LogP contribution in [0.2, 0.25) is 0 Å². The zero-order valence-corrected chi connectivity index (χ0v) is 8.98. The molecular formula is C11H15NOS. The van der Waals surface area contributed by atoms with Crippen molar-refractivity contribution in [1.82, 2.24) is 0 Å². The first-order valence-electron chi connectivity index (χ1n) is 5.13. The van der Waals surface area contributed by atoms with E-state index in [1.54, 1.807) is 11.3 Å². The van der Waals surface area contributed by atoms with Gasteiger partial charge in [0.2, 0.25) is 0 Å². The van der Waals surface area contributed by atoms with Crippen LogP contribution in [0.5, 0.6) is 0 Å². The molecule has 1 fully saturated rings. The number of ketones is 1. The van der Waals surface area contributed by atoms with Gasteiger partial charge in [-0.3, -0.25) is 4.79 Å². The molecule has 0 unspecified atom stereocenters. The normalized spacial score (nSPS) is 18.4. The molecule has 1 aromatic heterocycles. The first-order chi connectivity index (χ1) is 6.84. The number of thiophene rings is 1. The van der Waals surface area contributed by atoms with Gasteiger partial charge in [-0.25, -0.2) is 0 Å². The molecule has 0 atom stereocenters. The van der Waals surface area contributed by atoms with Gasteiger partial charge in [-0.05, 0) is 36.3 Å². The number of rotatable bonds is 3. The van der Waals surface area contributed by atoms with Gasteiger partial charge in [0.25, 0.3) is 0 Å². The lowest BCUT2D eigenvalue weighted by molar-refractivity contribution is -0.120. The minimum absolute atomic E-state index is 0.442. The Morgan fingerprint density at radius 2 is 2.21 bits per heavy atom. The van der Waals surface area contributed by atoms with Crippen LogP contribution in [0.4, 0.5) is 5.00 Å². The van der Waals surface area contributed by atoms with E-state index in [1.807, 2.05) is 0 Å². The molecule has 14 heavy (non-hydrogen) atoms. The summed E-state index contributed by atoms with van der Waals surface area (Å²) >= 11 is 1.73. The Hall–Kier alpha value is -0.830. The highest BCUT2D eigenvalue weighted by atomic mass is 32.1. The summed E-state index contributed by atoms with van der Waals surface area (Å²) in [5.41, 5.74) is 0. The molecule has 76 valence electrons. The molecule has 2 nitrogen and oxygen atoms in total. The summed E-state index contributed by atoms with van der Waals surface area (Å²) in [6.07, 6.45) is 3.71. The molecule has 3 heteroatoms. The maximum atomic E-state index is 11.0. The van der Waals surface area contributed by atoms with E-state index in [-0.39, 0.29) is 0 Å². The Labute approximate surface area is 88.3 Å². The molecule has 0 bridgehead atoms. The van der Waals surface area contributed by atoms with Crippen molar-refractivity contribution in [3.05, 3.63) is 17.5 Å². The molecular weight excluding hydrogens is 194 g/mol. The number of anilines is 1. The van der Waals surface area contributed by atoms with E-state index >= 15 is 0 Å². The van der Waals surface area contributed by atoms with Crippen LogP contribution < -0.4 is 5.32 Å². The lowest BCUT2D eigenvalue weighted by Crippen LogP contribution is -2.20. The zero-order valence-electron chi connectivity index (χ0n) is 8.16. The highest BCUT2D eigenvalue weighted by Crippen LogP contribution is 2.23. The van der Waals surface area contributed by atoms with E-state index < -0.39 is 0 Å². The average Bonchev–Trinajstić information content (AvgIpc) is 2.70. The number of nitrogens with one attached hydrogen (secondary N) is 1. The second-order valence-corrected chi connectivity index (χ2v) is 4.79. The van der Waals surface area contributed by atoms with E-state index in [2.05, 4.69) is 22.8 Å². The summed E-state index contributed by atoms with van der Waals surface area (Å²) in [5, 5.41) is 6.73. The van der Waals surface area contributed by atoms with E-state index in [9.17, 15) is 4.79 Å². The van der Waals surface area contributed by atoms with Gasteiger partial charge in [0, 0.05) is 19.4 Å². The third-order valence-corrected chi connectivity index (χ3v) is 3.58. The maximum Gasteiger partial charge on any atom is 0.132 e. The molecule has 0 radical (unpaired) electrons. The Balaban J connectivity index is 1.73. The van der Waals surface area contributed by atoms with Crippen LogP contribution in [0.25, 0.3) is 0 Å². The van der Waals surface area contributed by atoms with Crippen molar-refractivity contribution in [3.8, 4) is 0 Å². The van der Waals surface area contributed by atoms with E-state index in [0.29, 0.717) is 11.7 Å². The lowest BCUT2D eigenvalue weighted by Gasteiger charge is -2.21. The van der Waals surface area contributed by atoms with Crippen LogP contribution in [-0.2, 0) is 4.79 Å². The Morgan fingerprint density at radius 1 is 1.43 bits per heavy atom. The largest absolute Gasteiger partial charge is 0.377 e. The summed E-state index contributed by atoms with van der Waals surface area (Å²) < 4.78 is 0. The number of hydrogen-bond donors (Lipinski definition) is 1. The fraction of sp³-hybridized carbons (Fsp3) is 0.545. The van der Waals surface area contributed by atoms with Crippen LogP contribution in [0.3, 0.4) is 0 Å². The molecule has 1 saturated carbocycles. The minimum Gasteiger partial charge on any atom is -0.377 e. The molecule has 0 saturated heterocycles. The topological polar surface area (TPSA) is 29.1 Å². The molecule has 1 aromatic rings. The summed E-state index contributed by atoms with van der Waals surface area (Å²) in [5.74, 6) is 1.13. The van der Waals surface area contributed by atoms with Crippen LogP contribution in [0, 0.1) is 5.92 Å². The van der Waals surface area contributed by atoms with Crippen LogP contribution >= 0.6 is 11.3 Å². The predicted molar refractivity (Wildman–Crippen MR) is 59.8 cm³/mol. The Morgan fingerprint density at radius 3 is 2.86 bits per heavy atom. The molecule has 0 spiro atoms. The fourth-order valence-electron chi connectivity index (χ4n) is 1.83. The zero-order chi connectivity index (χ0) is 9.80. The molecule has 1 N–H and O–H groups in total. The van der Waals surface area contributed by atoms with Crippen molar-refractivity contribution in [2.24, 2.45) is 5.92 Å². The maximum absolute atomic E-state index is 11.0. The number of Topliss-reactive ketones (excluding diaryl/α,β-unsaturated/α-hetero) is 1. The third-order valence-electron chi connectivity index (χ3n) is 2.75. The predicted octanol–water partition coefficient (Wildman–Crippen LogP) is 2.92. The average molecular weight is 209 g/mol. The SMILES string of the molecule is O=C1CCC(CNc2cccs2)CC1. The second-order valence-electron chi connectivity index (χ2n) is 3.84. The number of carbonyl (C=O) groups excluding carboxylic acids is 1. The fourth-order valence-corrected chi connectivity index (χ4v) is 2.46. The van der Waals surface area contributed by atoms with Gasteiger partial charge in [0.05, 0.1) is 5.00 Å². The van der Waals surface area contributed by atoms with Gasteiger partial charge in [-0.15, -0.1) is 11.3 Å². The minimum atomic E-state index is 0.442. The van der Waals surface area contributed by atoms with Crippen LogP contribution in [0.15, 0.2) is 17.5 Å². The summed E-state index contributed by atoms with van der Waals surface area (Å²) in [6, 6.07) is 4.15. The van der Waals surface area contributed by atoms with Crippen molar-refractivity contribution in [2.75, 3.05) is 11.9 Å². The van der Waals surface area contributed by atoms with Crippen molar-refractivity contribution in [1.29, 1.82) is 0 Å². The van der Waals surface area contributed by atoms with Gasteiger partial charge >= 0.3 is 0 Å². The number of hydrogen-bond acceptors (Lipinski definition) is 3. The summed E-state index contributed by atoms with van der Waals surface area (Å²) in [4.78, 5) is 11.0. The first-order valence-corrected chi connectivity index (χ1v) is 6.01. The van der Waals surface area contributed by atoms with E-state index in [1.165, 1.54) is 5.00 Å². The monoisotopic (exact) mass is 209 g/mol. The van der Waals surface area contributed by atoms with Crippen molar-refractivity contribution in [3.63, 3.8) is 0 Å². The van der Waals surface area contributed by atoms with Crippen molar-refractivity contribution >= 4 is 22.1 Å². The molecule has 1 aliphatic rings. The lowest BCUT2D eigenvalue weighted by atomic mass is 9.88. The van der Waals surface area contributed by atoms with Crippen LogP contribution in [-0.4, -0.2) is 12.3 Å². The van der Waals surface area contributed by atoms with Crippen molar-refractivity contribution in [2.45, 2.75) is 25.7 Å². The Bertz CT molecular complexity index is 284. The highest BCUT2D eigenvalue weighted by molar-refractivity contribution is 7.14. The Kier molecular flexibility index (Phi) is 3.19. The standard InChI is InChI=1S/C11H15NOS/c13-10-5-3-9(4-6-10)8-12-11-2-1-7-14-11/h1-2,7,9,12H,3-6,8H2. The highest BCUT2D eigenvalue weighted by Gasteiger charge is 2.18. The molecule has 0 aliphatic heterocycles. The third kappa shape index (κ3) is 2.58. The second kappa shape index (κ2) is 4.60. The van der Waals surface area contributed by atoms with Crippen molar-refractivity contribution < 1.29 is 4.79 Å². The van der Waals surface area contributed by atoms with Crippen LogP contribution in [0.1, 0.15) is 25.7 Å². The van der Waals surface area contributed by atoms with E-state index in [0.717, 1.165) is 32.2 Å². The van der Waals surface area contributed by atoms with Gasteiger partial charge in [-0.1, -0.05) is 0 Å². The molecule has 1 aliphatic carbocycles. The molecule has 1 heterocycles. The quantitative estimate of drug-likeness (QED) is 0.829. The summed E-state index contributed by atoms with van der Waals surface area (Å²) in [6.45, 7) is 1.02. The summed E-state index contributed by atoms with van der Waals surface area (Å²) in [7, 11) is 0. The van der Waals surface area contributed by atoms with Gasteiger partial charge in [0.1, 0.15) is 5.78 Å².